The van der Waals surface area contributed by atoms with Crippen LogP contribution >= 0.6 is 0 Å². The summed E-state index contributed by atoms with van der Waals surface area (Å²) in [6, 6.07) is 10.8. The van der Waals surface area contributed by atoms with Crippen LogP contribution in [0.3, 0.4) is 0 Å². The first-order valence-corrected chi connectivity index (χ1v) is 6.92. The molecule has 0 spiro atoms. The van der Waals surface area contributed by atoms with E-state index < -0.39 is 6.10 Å². The second kappa shape index (κ2) is 7.47. The molecule has 2 rings (SSSR count). The van der Waals surface area contributed by atoms with E-state index in [2.05, 4.69) is 5.32 Å². The first kappa shape index (κ1) is 15.9. The van der Waals surface area contributed by atoms with Crippen molar-refractivity contribution >= 4 is 11.5 Å². The largest absolute Gasteiger partial charge is 0.497 e. The summed E-state index contributed by atoms with van der Waals surface area (Å²) in [5.41, 5.74) is 1.71. The summed E-state index contributed by atoms with van der Waals surface area (Å²) < 4.78 is 10.2. The van der Waals surface area contributed by atoms with Crippen LogP contribution in [0.25, 0.3) is 5.57 Å². The van der Waals surface area contributed by atoms with Crippen LogP contribution in [0.15, 0.2) is 53.2 Å². The lowest BCUT2D eigenvalue weighted by atomic mass is 10.1. The molecule has 0 aliphatic heterocycles. The molecule has 1 aromatic carbocycles. The summed E-state index contributed by atoms with van der Waals surface area (Å²) in [5, 5.41) is 12.5. The van der Waals surface area contributed by atoms with Gasteiger partial charge in [-0.2, -0.15) is 0 Å². The van der Waals surface area contributed by atoms with E-state index in [1.165, 1.54) is 12.3 Å². The number of nitrogens with one attached hydrogen (secondary N) is 1. The topological polar surface area (TPSA) is 71.7 Å². The molecule has 1 atom stereocenters. The normalized spacial score (nSPS) is 12.8. The Labute approximate surface area is 129 Å². The third-order valence-corrected chi connectivity index (χ3v) is 3.21. The van der Waals surface area contributed by atoms with Gasteiger partial charge in [-0.15, -0.1) is 0 Å². The lowest BCUT2D eigenvalue weighted by Gasteiger charge is -2.09. The predicted molar refractivity (Wildman–Crippen MR) is 83.3 cm³/mol. The second-order valence-electron chi connectivity index (χ2n) is 4.84. The summed E-state index contributed by atoms with van der Waals surface area (Å²) >= 11 is 0. The molecule has 5 nitrogen and oxygen atoms in total. The SMILES string of the molecule is COc1cccc(/C(C)=C/C(=O)NCC(O)c2ccco2)c1. The van der Waals surface area contributed by atoms with E-state index in [1.54, 1.807) is 19.2 Å². The van der Waals surface area contributed by atoms with Gasteiger partial charge in [0.05, 0.1) is 19.9 Å². The minimum absolute atomic E-state index is 0.0915. The molecule has 1 heterocycles. The van der Waals surface area contributed by atoms with E-state index in [0.29, 0.717) is 5.76 Å². The smallest absolute Gasteiger partial charge is 0.244 e. The number of allylic oxidation sites excluding steroid dienone is 1. The van der Waals surface area contributed by atoms with Crippen LogP contribution in [0.2, 0.25) is 0 Å². The summed E-state index contributed by atoms with van der Waals surface area (Å²) in [6.45, 7) is 1.94. The summed E-state index contributed by atoms with van der Waals surface area (Å²) in [6.07, 6.45) is 2.11. The maximum atomic E-state index is 11.9. The van der Waals surface area contributed by atoms with Crippen molar-refractivity contribution in [3.63, 3.8) is 0 Å². The molecule has 0 radical (unpaired) electrons. The standard InChI is InChI=1S/C17H19NO4/c1-12(13-5-3-6-14(10-13)21-2)9-17(20)18-11-15(19)16-7-4-8-22-16/h3-10,15,19H,11H2,1-2H3,(H,18,20)/b12-9+. The molecule has 2 N–H and O–H groups in total. The van der Waals surface area contributed by atoms with Crippen LogP contribution in [0.1, 0.15) is 24.4 Å². The van der Waals surface area contributed by atoms with Crippen LogP contribution in [0.5, 0.6) is 5.75 Å². The van der Waals surface area contributed by atoms with Crippen molar-refractivity contribution in [3.05, 3.63) is 60.1 Å². The number of carbonyl (C=O) groups is 1. The highest BCUT2D eigenvalue weighted by molar-refractivity contribution is 5.94. The average Bonchev–Trinajstić information content (AvgIpc) is 3.07. The number of carbonyl (C=O) groups excluding carboxylic acids is 1. The second-order valence-corrected chi connectivity index (χ2v) is 4.84. The molecule has 1 aromatic heterocycles. The van der Waals surface area contributed by atoms with E-state index in [-0.39, 0.29) is 12.5 Å². The first-order valence-electron chi connectivity index (χ1n) is 6.92. The maximum absolute atomic E-state index is 11.9. The van der Waals surface area contributed by atoms with E-state index >= 15 is 0 Å². The van der Waals surface area contributed by atoms with E-state index in [1.807, 2.05) is 31.2 Å². The molecule has 1 unspecified atom stereocenters. The summed E-state index contributed by atoms with van der Waals surface area (Å²) in [4.78, 5) is 11.9. The molecular weight excluding hydrogens is 282 g/mol. The highest BCUT2D eigenvalue weighted by atomic mass is 16.5. The number of benzene rings is 1. The summed E-state index contributed by atoms with van der Waals surface area (Å²) in [7, 11) is 1.60. The Morgan fingerprint density at radius 3 is 2.91 bits per heavy atom. The van der Waals surface area contributed by atoms with Gasteiger partial charge in [-0.05, 0) is 42.3 Å². The van der Waals surface area contributed by atoms with E-state index in [4.69, 9.17) is 9.15 Å². The number of methoxy groups -OCH3 is 1. The van der Waals surface area contributed by atoms with Crippen molar-refractivity contribution in [2.45, 2.75) is 13.0 Å². The quantitative estimate of drug-likeness (QED) is 0.804. The lowest BCUT2D eigenvalue weighted by molar-refractivity contribution is -0.116. The Kier molecular flexibility index (Phi) is 5.38. The minimum atomic E-state index is -0.857. The van der Waals surface area contributed by atoms with Gasteiger partial charge in [0.25, 0.3) is 0 Å². The van der Waals surface area contributed by atoms with Crippen molar-refractivity contribution in [3.8, 4) is 5.75 Å². The fourth-order valence-electron chi connectivity index (χ4n) is 1.98. The van der Waals surface area contributed by atoms with Gasteiger partial charge >= 0.3 is 0 Å². The fraction of sp³-hybridized carbons (Fsp3) is 0.235. The zero-order valence-electron chi connectivity index (χ0n) is 12.6. The molecule has 0 aliphatic rings. The number of furan rings is 1. The summed E-state index contributed by atoms with van der Waals surface area (Å²) in [5.74, 6) is 0.888. The highest BCUT2D eigenvalue weighted by Gasteiger charge is 2.11. The van der Waals surface area contributed by atoms with Crippen LogP contribution in [-0.2, 0) is 4.79 Å². The Bertz CT molecular complexity index is 646. The van der Waals surface area contributed by atoms with Crippen molar-refractivity contribution in [2.75, 3.05) is 13.7 Å². The van der Waals surface area contributed by atoms with Gasteiger partial charge in [-0.3, -0.25) is 4.79 Å². The molecule has 0 aliphatic carbocycles. The first-order chi connectivity index (χ1) is 10.6. The number of aliphatic hydroxyl groups excluding tert-OH is 1. The van der Waals surface area contributed by atoms with Gasteiger partial charge in [0, 0.05) is 6.08 Å². The van der Waals surface area contributed by atoms with Crippen molar-refractivity contribution < 1.29 is 19.1 Å². The zero-order chi connectivity index (χ0) is 15.9. The molecular formula is C17H19NO4. The third kappa shape index (κ3) is 4.23. The van der Waals surface area contributed by atoms with Gasteiger partial charge in [0.15, 0.2) is 0 Å². The molecule has 5 heteroatoms. The Balaban J connectivity index is 1.94. The zero-order valence-corrected chi connectivity index (χ0v) is 12.6. The third-order valence-electron chi connectivity index (χ3n) is 3.21. The van der Waals surface area contributed by atoms with Gasteiger partial charge in [0.2, 0.25) is 5.91 Å². The van der Waals surface area contributed by atoms with Gasteiger partial charge in [-0.25, -0.2) is 0 Å². The molecule has 0 bridgehead atoms. The Morgan fingerprint density at radius 2 is 2.23 bits per heavy atom. The van der Waals surface area contributed by atoms with E-state index in [0.717, 1.165) is 16.9 Å². The van der Waals surface area contributed by atoms with Gasteiger partial charge in [0.1, 0.15) is 17.6 Å². The van der Waals surface area contributed by atoms with Gasteiger partial charge in [-0.1, -0.05) is 12.1 Å². The molecule has 2 aromatic rings. The lowest BCUT2D eigenvalue weighted by Crippen LogP contribution is -2.26. The van der Waals surface area contributed by atoms with Crippen LogP contribution in [0, 0.1) is 0 Å². The predicted octanol–water partition coefficient (Wildman–Crippen LogP) is 2.54. The number of ether oxygens (including phenoxy) is 1. The van der Waals surface area contributed by atoms with Crippen molar-refractivity contribution in [1.29, 1.82) is 0 Å². The van der Waals surface area contributed by atoms with Crippen LogP contribution in [-0.4, -0.2) is 24.7 Å². The van der Waals surface area contributed by atoms with Crippen molar-refractivity contribution in [1.82, 2.24) is 5.32 Å². The number of rotatable bonds is 6. The average molecular weight is 301 g/mol. The molecule has 0 fully saturated rings. The van der Waals surface area contributed by atoms with E-state index in [9.17, 15) is 9.90 Å². The molecule has 0 saturated carbocycles. The maximum Gasteiger partial charge on any atom is 0.244 e. The number of aliphatic hydroxyl groups is 1. The van der Waals surface area contributed by atoms with Crippen LogP contribution in [0.4, 0.5) is 0 Å². The Morgan fingerprint density at radius 1 is 1.41 bits per heavy atom. The van der Waals surface area contributed by atoms with Crippen LogP contribution < -0.4 is 10.1 Å². The highest BCUT2D eigenvalue weighted by Crippen LogP contribution is 2.19. The molecule has 1 amide bonds. The molecule has 0 saturated heterocycles. The monoisotopic (exact) mass is 301 g/mol. The van der Waals surface area contributed by atoms with Gasteiger partial charge < -0.3 is 19.6 Å². The Hall–Kier alpha value is -2.53. The van der Waals surface area contributed by atoms with Crippen molar-refractivity contribution in [2.24, 2.45) is 0 Å². The number of hydrogen-bond acceptors (Lipinski definition) is 4. The molecule has 22 heavy (non-hydrogen) atoms. The molecule has 116 valence electrons. The fourth-order valence-corrected chi connectivity index (χ4v) is 1.98. The number of amides is 1. The number of hydrogen-bond donors (Lipinski definition) is 2. The minimum Gasteiger partial charge on any atom is -0.497 e.